The van der Waals surface area contributed by atoms with Crippen LogP contribution in [0.3, 0.4) is 0 Å². The van der Waals surface area contributed by atoms with E-state index >= 15 is 0 Å². The highest BCUT2D eigenvalue weighted by Gasteiger charge is 2.14. The van der Waals surface area contributed by atoms with Gasteiger partial charge in [0.1, 0.15) is 6.10 Å². The zero-order valence-electron chi connectivity index (χ0n) is 11.2. The van der Waals surface area contributed by atoms with Gasteiger partial charge in [0.2, 0.25) is 5.91 Å². The third kappa shape index (κ3) is 4.20. The molecule has 1 N–H and O–H groups in total. The predicted molar refractivity (Wildman–Crippen MR) is 69.5 cm³/mol. The molecule has 0 aliphatic heterocycles. The summed E-state index contributed by atoms with van der Waals surface area (Å²) >= 11 is 0. The second-order valence-corrected chi connectivity index (χ2v) is 4.47. The van der Waals surface area contributed by atoms with Crippen molar-refractivity contribution < 1.29 is 14.3 Å². The van der Waals surface area contributed by atoms with Crippen LogP contribution < -0.4 is 5.32 Å². The minimum absolute atomic E-state index is 0.135. The molecule has 0 fully saturated rings. The minimum Gasteiger partial charge on any atom is -0.457 e. The molecule has 0 radical (unpaired) electrons. The average molecular weight is 249 g/mol. The molecule has 1 aromatic carbocycles. The van der Waals surface area contributed by atoms with Crippen LogP contribution >= 0.6 is 0 Å². The molecule has 1 atom stereocenters. The molecule has 1 aromatic rings. The number of nitrogens with one attached hydrogen (secondary N) is 1. The van der Waals surface area contributed by atoms with E-state index in [9.17, 15) is 9.59 Å². The summed E-state index contributed by atoms with van der Waals surface area (Å²) in [4.78, 5) is 22.6. The van der Waals surface area contributed by atoms with Crippen LogP contribution in [0.2, 0.25) is 0 Å². The Morgan fingerprint density at radius 2 is 2.00 bits per heavy atom. The van der Waals surface area contributed by atoms with E-state index in [1.807, 2.05) is 26.0 Å². The summed E-state index contributed by atoms with van der Waals surface area (Å²) in [7, 11) is 0. The number of carbonyl (C=O) groups is 2. The normalized spacial score (nSPS) is 11.8. The van der Waals surface area contributed by atoms with E-state index in [1.54, 1.807) is 13.0 Å². The molecule has 1 amide bonds. The van der Waals surface area contributed by atoms with Crippen molar-refractivity contribution in [1.29, 1.82) is 0 Å². The Balaban J connectivity index is 2.62. The third-order valence-corrected chi connectivity index (χ3v) is 2.55. The number of benzene rings is 1. The Morgan fingerprint density at radius 3 is 2.56 bits per heavy atom. The molecule has 0 bridgehead atoms. The fourth-order valence-electron chi connectivity index (χ4n) is 1.62. The Hall–Kier alpha value is -1.84. The number of ether oxygens (including phenoxy) is 1. The lowest BCUT2D eigenvalue weighted by molar-refractivity contribution is -0.119. The van der Waals surface area contributed by atoms with Gasteiger partial charge in [-0.1, -0.05) is 17.7 Å². The van der Waals surface area contributed by atoms with E-state index in [-0.39, 0.29) is 18.0 Å². The zero-order valence-corrected chi connectivity index (χ0v) is 11.2. The number of carbonyl (C=O) groups excluding carboxylic acids is 2. The monoisotopic (exact) mass is 249 g/mol. The van der Waals surface area contributed by atoms with Gasteiger partial charge in [-0.25, -0.2) is 4.79 Å². The van der Waals surface area contributed by atoms with Gasteiger partial charge in [0, 0.05) is 6.92 Å². The number of esters is 1. The number of hydrogen-bond donors (Lipinski definition) is 1. The first-order valence-corrected chi connectivity index (χ1v) is 5.93. The molecule has 0 heterocycles. The Labute approximate surface area is 107 Å². The summed E-state index contributed by atoms with van der Waals surface area (Å²) in [5, 5.41) is 2.61. The lowest BCUT2D eigenvalue weighted by Gasteiger charge is -2.14. The molecule has 0 spiro atoms. The summed E-state index contributed by atoms with van der Waals surface area (Å²) in [6, 6.07) is 5.58. The number of rotatable bonds is 4. The van der Waals surface area contributed by atoms with Gasteiger partial charge < -0.3 is 10.1 Å². The van der Waals surface area contributed by atoms with Crippen LogP contribution in [-0.4, -0.2) is 24.5 Å². The second-order valence-electron chi connectivity index (χ2n) is 4.47. The highest BCUT2D eigenvalue weighted by Crippen LogP contribution is 2.12. The second kappa shape index (κ2) is 6.19. The molecule has 4 heteroatoms. The van der Waals surface area contributed by atoms with Gasteiger partial charge in [0.05, 0.1) is 12.1 Å². The first-order valence-electron chi connectivity index (χ1n) is 5.93. The molecule has 0 aliphatic rings. The summed E-state index contributed by atoms with van der Waals surface area (Å²) in [5.41, 5.74) is 2.57. The Morgan fingerprint density at radius 1 is 1.33 bits per heavy atom. The molecular weight excluding hydrogens is 230 g/mol. The third-order valence-electron chi connectivity index (χ3n) is 2.55. The van der Waals surface area contributed by atoms with E-state index in [0.717, 1.165) is 11.1 Å². The van der Waals surface area contributed by atoms with Crippen LogP contribution in [0.1, 0.15) is 35.3 Å². The summed E-state index contributed by atoms with van der Waals surface area (Å²) in [6.07, 6.45) is -0.345. The summed E-state index contributed by atoms with van der Waals surface area (Å²) in [5.74, 6) is -0.491. The van der Waals surface area contributed by atoms with Crippen LogP contribution in [0.15, 0.2) is 18.2 Å². The molecule has 1 rings (SSSR count). The van der Waals surface area contributed by atoms with Crippen molar-refractivity contribution >= 4 is 11.9 Å². The summed E-state index contributed by atoms with van der Waals surface area (Å²) in [6.45, 7) is 7.35. The van der Waals surface area contributed by atoms with Gasteiger partial charge in [-0.05, 0) is 32.4 Å². The van der Waals surface area contributed by atoms with E-state index in [2.05, 4.69) is 5.32 Å². The van der Waals surface area contributed by atoms with Gasteiger partial charge in [0.15, 0.2) is 0 Å². The molecule has 0 aliphatic carbocycles. The van der Waals surface area contributed by atoms with Crippen molar-refractivity contribution in [2.24, 2.45) is 0 Å². The highest BCUT2D eigenvalue weighted by atomic mass is 16.5. The predicted octanol–water partition coefficient (Wildman–Crippen LogP) is 1.98. The van der Waals surface area contributed by atoms with E-state index < -0.39 is 0 Å². The Bertz CT molecular complexity index is 454. The highest BCUT2D eigenvalue weighted by molar-refractivity contribution is 5.91. The van der Waals surface area contributed by atoms with E-state index in [0.29, 0.717) is 12.1 Å². The maximum atomic E-state index is 11.9. The average Bonchev–Trinajstić information content (AvgIpc) is 2.26. The standard InChI is InChI=1S/C14H19NO3/c1-9-5-6-13(10(2)7-9)14(17)18-11(3)8-15-12(4)16/h5-7,11H,8H2,1-4H3,(H,15,16). The molecule has 0 aromatic heterocycles. The van der Waals surface area contributed by atoms with Crippen LogP contribution in [-0.2, 0) is 9.53 Å². The topological polar surface area (TPSA) is 55.4 Å². The van der Waals surface area contributed by atoms with Crippen LogP contribution in [0.4, 0.5) is 0 Å². The first-order chi connectivity index (χ1) is 8.40. The SMILES string of the molecule is CC(=O)NCC(C)OC(=O)c1ccc(C)cc1C. The van der Waals surface area contributed by atoms with Crippen LogP contribution in [0, 0.1) is 13.8 Å². The number of aryl methyl sites for hydroxylation is 2. The van der Waals surface area contributed by atoms with Crippen LogP contribution in [0.25, 0.3) is 0 Å². The van der Waals surface area contributed by atoms with Crippen molar-refractivity contribution in [1.82, 2.24) is 5.32 Å². The minimum atomic E-state index is -0.356. The first kappa shape index (κ1) is 14.2. The van der Waals surface area contributed by atoms with Crippen molar-refractivity contribution in [2.75, 3.05) is 6.54 Å². The smallest absolute Gasteiger partial charge is 0.338 e. The van der Waals surface area contributed by atoms with Crippen molar-refractivity contribution in [3.05, 3.63) is 34.9 Å². The van der Waals surface area contributed by atoms with Gasteiger partial charge in [0.25, 0.3) is 0 Å². The molecule has 4 nitrogen and oxygen atoms in total. The van der Waals surface area contributed by atoms with Gasteiger partial charge in [-0.15, -0.1) is 0 Å². The lowest BCUT2D eigenvalue weighted by Crippen LogP contribution is -2.31. The lowest BCUT2D eigenvalue weighted by atomic mass is 10.1. The maximum absolute atomic E-state index is 11.9. The van der Waals surface area contributed by atoms with Gasteiger partial charge in [-0.2, -0.15) is 0 Å². The molecule has 0 saturated heterocycles. The zero-order chi connectivity index (χ0) is 13.7. The molecule has 1 unspecified atom stereocenters. The van der Waals surface area contributed by atoms with Gasteiger partial charge in [-0.3, -0.25) is 4.79 Å². The number of amides is 1. The molecular formula is C14H19NO3. The number of hydrogen-bond acceptors (Lipinski definition) is 3. The molecule has 0 saturated carbocycles. The molecule has 98 valence electrons. The van der Waals surface area contributed by atoms with Crippen molar-refractivity contribution in [3.63, 3.8) is 0 Å². The summed E-state index contributed by atoms with van der Waals surface area (Å²) < 4.78 is 5.25. The maximum Gasteiger partial charge on any atom is 0.338 e. The van der Waals surface area contributed by atoms with E-state index in [1.165, 1.54) is 6.92 Å². The van der Waals surface area contributed by atoms with Crippen LogP contribution in [0.5, 0.6) is 0 Å². The molecule has 18 heavy (non-hydrogen) atoms. The fraction of sp³-hybridized carbons (Fsp3) is 0.429. The Kier molecular flexibility index (Phi) is 4.89. The van der Waals surface area contributed by atoms with Gasteiger partial charge >= 0.3 is 5.97 Å². The quantitative estimate of drug-likeness (QED) is 0.830. The van der Waals surface area contributed by atoms with E-state index in [4.69, 9.17) is 4.74 Å². The van der Waals surface area contributed by atoms with Crippen molar-refractivity contribution in [2.45, 2.75) is 33.8 Å². The fourth-order valence-corrected chi connectivity index (χ4v) is 1.62. The van der Waals surface area contributed by atoms with Crippen molar-refractivity contribution in [3.8, 4) is 0 Å². The largest absolute Gasteiger partial charge is 0.457 e.